The fourth-order valence-electron chi connectivity index (χ4n) is 5.35. The minimum Gasteiger partial charge on any atom is -0.353 e. The van der Waals surface area contributed by atoms with Crippen LogP contribution in [0.15, 0.2) is 36.5 Å². The molecule has 2 aliphatic heterocycles. The smallest absolute Gasteiger partial charge is 0.252 e. The van der Waals surface area contributed by atoms with E-state index in [-0.39, 0.29) is 29.8 Å². The molecule has 0 radical (unpaired) electrons. The molecule has 9 heteroatoms. The van der Waals surface area contributed by atoms with Crippen LogP contribution in [0.25, 0.3) is 22.3 Å². The zero-order chi connectivity index (χ0) is 26.8. The summed E-state index contributed by atoms with van der Waals surface area (Å²) in [6.07, 6.45) is 3.41. The highest BCUT2D eigenvalue weighted by Crippen LogP contribution is 2.27. The van der Waals surface area contributed by atoms with E-state index < -0.39 is 0 Å². The minimum atomic E-state index is -0.211. The summed E-state index contributed by atoms with van der Waals surface area (Å²) in [6.45, 7) is 11.6. The molecule has 38 heavy (non-hydrogen) atoms. The predicted molar refractivity (Wildman–Crippen MR) is 149 cm³/mol. The molecule has 2 aliphatic rings. The second-order valence-electron chi connectivity index (χ2n) is 11.1. The normalized spacial score (nSPS) is 21.1. The lowest BCUT2D eigenvalue weighted by molar-refractivity contribution is -0.127. The molecule has 2 atom stereocenters. The van der Waals surface area contributed by atoms with Crippen molar-refractivity contribution in [2.24, 2.45) is 5.92 Å². The molecule has 5 rings (SSSR count). The third-order valence-electron chi connectivity index (χ3n) is 7.74. The number of hydrogen-bond donors (Lipinski definition) is 2. The molecule has 2 unspecified atom stereocenters. The van der Waals surface area contributed by atoms with Crippen LogP contribution in [0.3, 0.4) is 0 Å². The highest BCUT2D eigenvalue weighted by molar-refractivity contribution is 6.06. The van der Waals surface area contributed by atoms with Crippen LogP contribution >= 0.6 is 0 Å². The first-order chi connectivity index (χ1) is 18.3. The van der Waals surface area contributed by atoms with Crippen molar-refractivity contribution in [3.8, 4) is 11.3 Å². The molecule has 2 amide bonds. The number of aromatic nitrogens is 3. The summed E-state index contributed by atoms with van der Waals surface area (Å²) in [5.41, 5.74) is 4.18. The zero-order valence-corrected chi connectivity index (χ0v) is 22.9. The van der Waals surface area contributed by atoms with Gasteiger partial charge in [-0.05, 0) is 58.4 Å². The largest absolute Gasteiger partial charge is 0.353 e. The number of hydrogen-bond acceptors (Lipinski definition) is 6. The Morgan fingerprint density at radius 1 is 1.16 bits per heavy atom. The van der Waals surface area contributed by atoms with Crippen LogP contribution < -0.4 is 10.6 Å². The standard InChI is InChI=1S/C29H39N7O2/c1-19(2)36-27-25(17-31-36)24(29(38)30-16-23-9-8-20(3)32-28(23)37)15-26(33-27)22-7-5-6-21(14-22)18-35-12-10-34(4)11-13-35/h5-7,14-15,17,19-20,23H,8-13,16,18H2,1-4H3,(H,30,38)(H,32,37). The van der Waals surface area contributed by atoms with Gasteiger partial charge in [0, 0.05) is 56.9 Å². The van der Waals surface area contributed by atoms with E-state index in [2.05, 4.69) is 64.6 Å². The molecule has 2 fully saturated rings. The maximum Gasteiger partial charge on any atom is 0.252 e. The van der Waals surface area contributed by atoms with Gasteiger partial charge in [-0.3, -0.25) is 14.5 Å². The third kappa shape index (κ3) is 5.73. The average Bonchev–Trinajstić information content (AvgIpc) is 3.33. The van der Waals surface area contributed by atoms with Crippen LogP contribution in [0.2, 0.25) is 0 Å². The molecule has 0 saturated carbocycles. The lowest BCUT2D eigenvalue weighted by Gasteiger charge is -2.32. The van der Waals surface area contributed by atoms with Crippen molar-refractivity contribution in [1.82, 2.24) is 35.2 Å². The van der Waals surface area contributed by atoms with Crippen molar-refractivity contribution in [3.63, 3.8) is 0 Å². The Balaban J connectivity index is 1.42. The highest BCUT2D eigenvalue weighted by Gasteiger charge is 2.27. The van der Waals surface area contributed by atoms with Gasteiger partial charge in [0.2, 0.25) is 5.91 Å². The molecular formula is C29H39N7O2. The molecule has 202 valence electrons. The number of benzene rings is 1. The first-order valence-electron chi connectivity index (χ1n) is 13.8. The van der Waals surface area contributed by atoms with Gasteiger partial charge in [-0.2, -0.15) is 5.10 Å². The van der Waals surface area contributed by atoms with Gasteiger partial charge in [0.25, 0.3) is 5.91 Å². The molecule has 0 bridgehead atoms. The molecule has 0 spiro atoms. The Morgan fingerprint density at radius 3 is 2.68 bits per heavy atom. The predicted octanol–water partition coefficient (Wildman–Crippen LogP) is 3.07. The first kappa shape index (κ1) is 26.3. The molecule has 9 nitrogen and oxygen atoms in total. The molecule has 2 N–H and O–H groups in total. The first-order valence-corrected chi connectivity index (χ1v) is 13.8. The molecule has 2 aromatic heterocycles. The number of piperidine rings is 1. The SMILES string of the molecule is CC1CCC(CNC(=O)c2cc(-c3cccc(CN4CCN(C)CC4)c3)nc3c2cnn3C(C)C)C(=O)N1. The van der Waals surface area contributed by atoms with Crippen LogP contribution in [0.1, 0.15) is 55.6 Å². The van der Waals surface area contributed by atoms with Crippen LogP contribution in [-0.4, -0.2) is 82.2 Å². The van der Waals surface area contributed by atoms with Gasteiger partial charge in [0.05, 0.1) is 28.8 Å². The van der Waals surface area contributed by atoms with Crippen molar-refractivity contribution in [2.45, 2.75) is 52.2 Å². The summed E-state index contributed by atoms with van der Waals surface area (Å²) in [5.74, 6) is -0.409. The Kier molecular flexibility index (Phi) is 7.76. The molecule has 0 aliphatic carbocycles. The summed E-state index contributed by atoms with van der Waals surface area (Å²) in [4.78, 5) is 35.7. The fraction of sp³-hybridized carbons (Fsp3) is 0.517. The second kappa shape index (κ2) is 11.2. The summed E-state index contributed by atoms with van der Waals surface area (Å²) in [7, 11) is 2.17. The minimum absolute atomic E-state index is 0.00871. The number of fused-ring (bicyclic) bond motifs is 1. The Bertz CT molecular complexity index is 1310. The summed E-state index contributed by atoms with van der Waals surface area (Å²) >= 11 is 0. The van der Waals surface area contributed by atoms with E-state index in [9.17, 15) is 9.59 Å². The second-order valence-corrected chi connectivity index (χ2v) is 11.1. The van der Waals surface area contributed by atoms with E-state index in [4.69, 9.17) is 4.98 Å². The van der Waals surface area contributed by atoms with Crippen LogP contribution in [0.4, 0.5) is 0 Å². The van der Waals surface area contributed by atoms with Crippen molar-refractivity contribution >= 4 is 22.8 Å². The summed E-state index contributed by atoms with van der Waals surface area (Å²) < 4.78 is 1.86. The maximum atomic E-state index is 13.5. The number of rotatable bonds is 7. The van der Waals surface area contributed by atoms with Crippen LogP contribution in [-0.2, 0) is 11.3 Å². The van der Waals surface area contributed by atoms with Crippen LogP contribution in [0.5, 0.6) is 0 Å². The van der Waals surface area contributed by atoms with Crippen molar-refractivity contribution in [1.29, 1.82) is 0 Å². The quantitative estimate of drug-likeness (QED) is 0.500. The Morgan fingerprint density at radius 2 is 1.95 bits per heavy atom. The highest BCUT2D eigenvalue weighted by atomic mass is 16.2. The Hall–Kier alpha value is -3.30. The molecule has 1 aromatic carbocycles. The van der Waals surface area contributed by atoms with E-state index in [1.165, 1.54) is 5.56 Å². The van der Waals surface area contributed by atoms with Crippen molar-refractivity contribution in [2.75, 3.05) is 39.8 Å². The van der Waals surface area contributed by atoms with Crippen LogP contribution in [0, 0.1) is 5.92 Å². The van der Waals surface area contributed by atoms with Gasteiger partial charge < -0.3 is 15.5 Å². The number of amides is 2. The van der Waals surface area contributed by atoms with Gasteiger partial charge >= 0.3 is 0 Å². The molecular weight excluding hydrogens is 478 g/mol. The molecule has 3 aromatic rings. The number of pyridine rings is 1. The van der Waals surface area contributed by atoms with E-state index >= 15 is 0 Å². The lowest BCUT2D eigenvalue weighted by Crippen LogP contribution is -2.46. The third-order valence-corrected chi connectivity index (χ3v) is 7.74. The number of piperazine rings is 1. The van der Waals surface area contributed by atoms with Gasteiger partial charge in [-0.1, -0.05) is 18.2 Å². The van der Waals surface area contributed by atoms with Gasteiger partial charge in [0.15, 0.2) is 5.65 Å². The van der Waals surface area contributed by atoms with Gasteiger partial charge in [0.1, 0.15) is 0 Å². The number of nitrogens with one attached hydrogen (secondary N) is 2. The van der Waals surface area contributed by atoms with E-state index in [1.54, 1.807) is 6.20 Å². The monoisotopic (exact) mass is 517 g/mol. The fourth-order valence-corrected chi connectivity index (χ4v) is 5.35. The zero-order valence-electron chi connectivity index (χ0n) is 22.9. The number of carbonyl (C=O) groups excluding carboxylic acids is 2. The molecule has 2 saturated heterocycles. The number of likely N-dealkylation sites (N-methyl/N-ethyl adjacent to an activating group) is 1. The summed E-state index contributed by atoms with van der Waals surface area (Å²) in [6, 6.07) is 10.6. The number of carbonyl (C=O) groups is 2. The molecule has 4 heterocycles. The van der Waals surface area contributed by atoms with Gasteiger partial charge in [-0.15, -0.1) is 0 Å². The van der Waals surface area contributed by atoms with Crippen molar-refractivity contribution in [3.05, 3.63) is 47.7 Å². The Labute approximate surface area is 224 Å². The van der Waals surface area contributed by atoms with E-state index in [0.29, 0.717) is 17.8 Å². The number of nitrogens with zero attached hydrogens (tertiary/aromatic N) is 5. The summed E-state index contributed by atoms with van der Waals surface area (Å²) in [5, 5.41) is 11.3. The van der Waals surface area contributed by atoms with E-state index in [0.717, 1.165) is 62.2 Å². The average molecular weight is 518 g/mol. The maximum absolute atomic E-state index is 13.5. The van der Waals surface area contributed by atoms with Gasteiger partial charge in [-0.25, -0.2) is 9.67 Å². The topological polar surface area (TPSA) is 95.4 Å². The van der Waals surface area contributed by atoms with E-state index in [1.807, 2.05) is 23.7 Å². The lowest BCUT2D eigenvalue weighted by atomic mass is 9.94. The van der Waals surface area contributed by atoms with Crippen molar-refractivity contribution < 1.29 is 9.59 Å².